The van der Waals surface area contributed by atoms with Gasteiger partial charge in [0.05, 0.1) is 23.4 Å². The number of aromatic nitrogens is 2. The van der Waals surface area contributed by atoms with Gasteiger partial charge in [-0.3, -0.25) is 4.98 Å². The summed E-state index contributed by atoms with van der Waals surface area (Å²) in [5, 5.41) is 11.2. The lowest BCUT2D eigenvalue weighted by atomic mass is 10.3. The van der Waals surface area contributed by atoms with Gasteiger partial charge in [-0.15, -0.1) is 0 Å². The van der Waals surface area contributed by atoms with E-state index in [-0.39, 0.29) is 0 Å². The summed E-state index contributed by atoms with van der Waals surface area (Å²) in [6.45, 7) is 0. The molecule has 0 atom stereocenters. The third kappa shape index (κ3) is 1.46. The zero-order valence-corrected chi connectivity index (χ0v) is 6.75. The zero-order chi connectivity index (χ0) is 9.10. The van der Waals surface area contributed by atoms with Gasteiger partial charge in [0.25, 0.3) is 0 Å². The van der Waals surface area contributed by atoms with Gasteiger partial charge in [0, 0.05) is 0 Å². The van der Waals surface area contributed by atoms with Gasteiger partial charge in [0.15, 0.2) is 0 Å². The van der Waals surface area contributed by atoms with E-state index in [2.05, 4.69) is 15.1 Å². The van der Waals surface area contributed by atoms with Crippen molar-refractivity contribution in [1.29, 1.82) is 0 Å². The molecule has 0 fully saturated rings. The van der Waals surface area contributed by atoms with Gasteiger partial charge in [-0.25, -0.2) is 4.98 Å². The number of benzene rings is 1. The molecule has 4 heteroatoms. The van der Waals surface area contributed by atoms with E-state index in [0.29, 0.717) is 5.69 Å². The maximum Gasteiger partial charge on any atom is 0.104 e. The van der Waals surface area contributed by atoms with E-state index in [1.807, 2.05) is 24.3 Å². The number of fused-ring (bicyclic) bond motifs is 1. The van der Waals surface area contributed by atoms with Gasteiger partial charge >= 0.3 is 0 Å². The van der Waals surface area contributed by atoms with Crippen LogP contribution in [0.1, 0.15) is 5.69 Å². The maximum atomic E-state index is 8.29. The molecule has 0 amide bonds. The molecule has 0 saturated heterocycles. The highest BCUT2D eigenvalue weighted by Gasteiger charge is 1.95. The Morgan fingerprint density at radius 1 is 1.23 bits per heavy atom. The lowest BCUT2D eigenvalue weighted by Crippen LogP contribution is -1.90. The van der Waals surface area contributed by atoms with Gasteiger partial charge in [0.1, 0.15) is 5.69 Å². The number of para-hydroxylation sites is 2. The summed E-state index contributed by atoms with van der Waals surface area (Å²) < 4.78 is 0. The molecule has 0 unspecified atom stereocenters. The molecule has 0 aliphatic rings. The third-order valence-corrected chi connectivity index (χ3v) is 1.66. The number of oxime groups is 1. The van der Waals surface area contributed by atoms with E-state index in [0.717, 1.165) is 11.0 Å². The summed E-state index contributed by atoms with van der Waals surface area (Å²) in [7, 11) is 0. The van der Waals surface area contributed by atoms with Crippen LogP contribution in [0.5, 0.6) is 0 Å². The molecule has 13 heavy (non-hydrogen) atoms. The SMILES string of the molecule is ON=Cc1cnc2ccccc2n1. The average Bonchev–Trinajstić information content (AvgIpc) is 2.18. The quantitative estimate of drug-likeness (QED) is 0.403. The first kappa shape index (κ1) is 7.67. The van der Waals surface area contributed by atoms with Gasteiger partial charge in [-0.2, -0.15) is 0 Å². The summed E-state index contributed by atoms with van der Waals surface area (Å²) >= 11 is 0. The second-order valence-corrected chi connectivity index (χ2v) is 2.53. The van der Waals surface area contributed by atoms with Crippen LogP contribution in [0.4, 0.5) is 0 Å². The molecule has 0 saturated carbocycles. The highest BCUT2D eigenvalue weighted by Crippen LogP contribution is 2.06. The van der Waals surface area contributed by atoms with Crippen molar-refractivity contribution in [2.75, 3.05) is 0 Å². The van der Waals surface area contributed by atoms with Crippen LogP contribution in [-0.2, 0) is 0 Å². The van der Waals surface area contributed by atoms with Crippen LogP contribution in [0.2, 0.25) is 0 Å². The molecular formula is C9H7N3O. The van der Waals surface area contributed by atoms with Crippen LogP contribution in [0, 0.1) is 0 Å². The maximum absolute atomic E-state index is 8.29. The Bertz CT molecular complexity index is 453. The number of hydrogen-bond donors (Lipinski definition) is 1. The predicted molar refractivity (Wildman–Crippen MR) is 48.9 cm³/mol. The summed E-state index contributed by atoms with van der Waals surface area (Å²) in [6, 6.07) is 7.52. The lowest BCUT2D eigenvalue weighted by molar-refractivity contribution is 0.321. The second kappa shape index (κ2) is 3.18. The van der Waals surface area contributed by atoms with Crippen molar-refractivity contribution in [3.63, 3.8) is 0 Å². The van der Waals surface area contributed by atoms with E-state index in [1.54, 1.807) is 6.20 Å². The molecule has 1 N–H and O–H groups in total. The summed E-state index contributed by atoms with van der Waals surface area (Å²) in [5.41, 5.74) is 2.17. The minimum absolute atomic E-state index is 0.543. The number of rotatable bonds is 1. The Hall–Kier alpha value is -1.97. The molecule has 1 aromatic carbocycles. The molecule has 0 spiro atoms. The first-order chi connectivity index (χ1) is 6.40. The molecule has 2 aromatic rings. The van der Waals surface area contributed by atoms with E-state index in [9.17, 15) is 0 Å². The molecule has 0 aliphatic carbocycles. The van der Waals surface area contributed by atoms with Crippen LogP contribution >= 0.6 is 0 Å². The highest BCUT2D eigenvalue weighted by atomic mass is 16.4. The van der Waals surface area contributed by atoms with Gasteiger partial charge in [-0.05, 0) is 12.1 Å². The Labute approximate surface area is 74.6 Å². The fourth-order valence-electron chi connectivity index (χ4n) is 1.09. The van der Waals surface area contributed by atoms with Crippen molar-refractivity contribution in [3.05, 3.63) is 36.2 Å². The van der Waals surface area contributed by atoms with E-state index in [1.165, 1.54) is 6.21 Å². The zero-order valence-electron chi connectivity index (χ0n) is 6.75. The van der Waals surface area contributed by atoms with Gasteiger partial charge in [-0.1, -0.05) is 17.3 Å². The van der Waals surface area contributed by atoms with Crippen molar-refractivity contribution in [1.82, 2.24) is 9.97 Å². The minimum Gasteiger partial charge on any atom is -0.411 e. The number of hydrogen-bond acceptors (Lipinski definition) is 4. The van der Waals surface area contributed by atoms with E-state index >= 15 is 0 Å². The fourth-order valence-corrected chi connectivity index (χ4v) is 1.09. The van der Waals surface area contributed by atoms with Crippen molar-refractivity contribution in [2.45, 2.75) is 0 Å². The van der Waals surface area contributed by atoms with Crippen LogP contribution in [0.25, 0.3) is 11.0 Å². The fraction of sp³-hybridized carbons (Fsp3) is 0. The summed E-state index contributed by atoms with van der Waals surface area (Å²) in [6.07, 6.45) is 2.81. The van der Waals surface area contributed by atoms with Crippen molar-refractivity contribution in [2.24, 2.45) is 5.16 Å². The van der Waals surface area contributed by atoms with Crippen molar-refractivity contribution in [3.8, 4) is 0 Å². The van der Waals surface area contributed by atoms with Gasteiger partial charge < -0.3 is 5.21 Å². The first-order valence-electron chi connectivity index (χ1n) is 3.79. The molecule has 0 aliphatic heterocycles. The topological polar surface area (TPSA) is 58.4 Å². The van der Waals surface area contributed by atoms with Crippen LogP contribution in [0.15, 0.2) is 35.6 Å². The van der Waals surface area contributed by atoms with E-state index < -0.39 is 0 Å². The molecule has 0 radical (unpaired) electrons. The standard InChI is InChI=1S/C9H7N3O/c13-11-6-7-5-10-8-3-1-2-4-9(8)12-7/h1-6,13H. The Morgan fingerprint density at radius 2 is 2.00 bits per heavy atom. The monoisotopic (exact) mass is 173 g/mol. The summed E-state index contributed by atoms with van der Waals surface area (Å²) in [4.78, 5) is 8.33. The van der Waals surface area contributed by atoms with Crippen molar-refractivity contribution >= 4 is 17.2 Å². The molecule has 2 rings (SSSR count). The molecular weight excluding hydrogens is 166 g/mol. The first-order valence-corrected chi connectivity index (χ1v) is 3.79. The largest absolute Gasteiger partial charge is 0.411 e. The molecule has 1 heterocycles. The van der Waals surface area contributed by atoms with Crippen molar-refractivity contribution < 1.29 is 5.21 Å². The molecule has 64 valence electrons. The van der Waals surface area contributed by atoms with Gasteiger partial charge in [0.2, 0.25) is 0 Å². The van der Waals surface area contributed by atoms with Crippen LogP contribution in [-0.4, -0.2) is 21.4 Å². The Morgan fingerprint density at radius 3 is 2.77 bits per heavy atom. The molecule has 1 aromatic heterocycles. The second-order valence-electron chi connectivity index (χ2n) is 2.53. The number of nitrogens with zero attached hydrogens (tertiary/aromatic N) is 3. The smallest absolute Gasteiger partial charge is 0.104 e. The highest BCUT2D eigenvalue weighted by molar-refractivity contribution is 5.81. The lowest BCUT2D eigenvalue weighted by Gasteiger charge is -1.95. The van der Waals surface area contributed by atoms with Crippen LogP contribution < -0.4 is 0 Å². The summed E-state index contributed by atoms with van der Waals surface area (Å²) in [5.74, 6) is 0. The van der Waals surface area contributed by atoms with Crippen LogP contribution in [0.3, 0.4) is 0 Å². The average molecular weight is 173 g/mol. The molecule has 4 nitrogen and oxygen atoms in total. The normalized spacial score (nSPS) is 11.1. The minimum atomic E-state index is 0.543. The van der Waals surface area contributed by atoms with E-state index in [4.69, 9.17) is 5.21 Å². The molecule has 0 bridgehead atoms. The Balaban J connectivity index is 2.62. The Kier molecular flexibility index (Phi) is 1.88. The third-order valence-electron chi connectivity index (χ3n) is 1.66. The predicted octanol–water partition coefficient (Wildman–Crippen LogP) is 1.44.